The zero-order valence-corrected chi connectivity index (χ0v) is 5.79. The summed E-state index contributed by atoms with van der Waals surface area (Å²) in [5, 5.41) is 1.79. The predicted molar refractivity (Wildman–Crippen MR) is 36.6 cm³/mol. The summed E-state index contributed by atoms with van der Waals surface area (Å²) in [4.78, 5) is 4.97. The summed E-state index contributed by atoms with van der Waals surface area (Å²) in [6.45, 7) is 2.96. The molecule has 2 heteroatoms. The van der Waals surface area contributed by atoms with Gasteiger partial charge < -0.3 is 0 Å². The van der Waals surface area contributed by atoms with Crippen molar-refractivity contribution in [3.05, 3.63) is 23.9 Å². The van der Waals surface area contributed by atoms with E-state index in [0.717, 1.165) is 6.54 Å². The second-order valence-corrected chi connectivity index (χ2v) is 2.11. The van der Waals surface area contributed by atoms with E-state index in [0.29, 0.717) is 0 Å². The maximum atomic E-state index is 4.97. The Balaban J connectivity index is 2.51. The van der Waals surface area contributed by atoms with Crippen molar-refractivity contribution in [2.75, 3.05) is 13.7 Å². The Labute approximate surface area is 55.4 Å². The fourth-order valence-electron chi connectivity index (χ4n) is 0.780. The lowest BCUT2D eigenvalue weighted by atomic mass is 10.2. The minimum Gasteiger partial charge on any atom is -0.277 e. The first-order valence-corrected chi connectivity index (χ1v) is 2.97. The molecule has 0 fully saturated rings. The Morgan fingerprint density at radius 3 is 2.89 bits per heavy atom. The lowest BCUT2D eigenvalue weighted by Gasteiger charge is -2.19. The fourth-order valence-corrected chi connectivity index (χ4v) is 0.780. The third kappa shape index (κ3) is 1.57. The van der Waals surface area contributed by atoms with Crippen LogP contribution in [0.5, 0.6) is 0 Å². The third-order valence-electron chi connectivity index (χ3n) is 1.27. The van der Waals surface area contributed by atoms with Crippen LogP contribution in [0.3, 0.4) is 0 Å². The van der Waals surface area contributed by atoms with E-state index in [-0.39, 0.29) is 0 Å². The number of hydroxylamine groups is 2. The summed E-state index contributed by atoms with van der Waals surface area (Å²) in [5.74, 6) is 0. The maximum Gasteiger partial charge on any atom is 0.0659 e. The van der Waals surface area contributed by atoms with Crippen molar-refractivity contribution in [3.8, 4) is 0 Å². The van der Waals surface area contributed by atoms with Gasteiger partial charge in [-0.05, 0) is 13.0 Å². The van der Waals surface area contributed by atoms with Crippen LogP contribution in [0.25, 0.3) is 0 Å². The van der Waals surface area contributed by atoms with Crippen LogP contribution in [0, 0.1) is 0 Å². The molecule has 0 aromatic heterocycles. The molecule has 0 radical (unpaired) electrons. The highest BCUT2D eigenvalue weighted by Crippen LogP contribution is 2.04. The van der Waals surface area contributed by atoms with E-state index in [1.54, 1.807) is 12.2 Å². The highest BCUT2D eigenvalue weighted by molar-refractivity contribution is 5.15. The third-order valence-corrected chi connectivity index (χ3v) is 1.27. The highest BCUT2D eigenvalue weighted by Gasteiger charge is 2.00. The van der Waals surface area contributed by atoms with E-state index in [1.165, 1.54) is 5.57 Å². The first kappa shape index (κ1) is 6.36. The molecule has 0 bridgehead atoms. The smallest absolute Gasteiger partial charge is 0.0659 e. The van der Waals surface area contributed by atoms with Crippen molar-refractivity contribution in [2.24, 2.45) is 0 Å². The van der Waals surface area contributed by atoms with Crippen molar-refractivity contribution in [1.82, 2.24) is 5.06 Å². The average molecular weight is 125 g/mol. The molecule has 1 aliphatic rings. The first-order chi connectivity index (χ1) is 4.33. The van der Waals surface area contributed by atoms with Gasteiger partial charge in [0.15, 0.2) is 0 Å². The topological polar surface area (TPSA) is 12.5 Å². The second kappa shape index (κ2) is 2.69. The Morgan fingerprint density at radius 2 is 2.44 bits per heavy atom. The van der Waals surface area contributed by atoms with E-state index >= 15 is 0 Å². The summed E-state index contributed by atoms with van der Waals surface area (Å²) in [5.41, 5.74) is 1.32. The molecular formula is C7H11NO. The Kier molecular flexibility index (Phi) is 1.90. The van der Waals surface area contributed by atoms with E-state index in [2.05, 4.69) is 13.0 Å². The van der Waals surface area contributed by atoms with Crippen LogP contribution < -0.4 is 0 Å². The van der Waals surface area contributed by atoms with Gasteiger partial charge in [0.1, 0.15) is 0 Å². The van der Waals surface area contributed by atoms with Crippen LogP contribution in [-0.4, -0.2) is 18.7 Å². The van der Waals surface area contributed by atoms with Gasteiger partial charge in [-0.2, -0.15) is 0 Å². The molecule has 0 unspecified atom stereocenters. The van der Waals surface area contributed by atoms with Gasteiger partial charge in [-0.25, -0.2) is 0 Å². The van der Waals surface area contributed by atoms with Gasteiger partial charge in [-0.15, -0.1) is 0 Å². The monoisotopic (exact) mass is 125 g/mol. The molecule has 0 aliphatic carbocycles. The van der Waals surface area contributed by atoms with Crippen LogP contribution >= 0.6 is 0 Å². The molecule has 1 aliphatic heterocycles. The first-order valence-electron chi connectivity index (χ1n) is 2.97. The molecule has 0 N–H and O–H groups in total. The van der Waals surface area contributed by atoms with E-state index in [1.807, 2.05) is 12.3 Å². The maximum absolute atomic E-state index is 4.97. The number of allylic oxidation sites excluding steroid dienone is 2. The SMILES string of the molecule is CON1C=CC=C(C)C1. The van der Waals surface area contributed by atoms with E-state index in [9.17, 15) is 0 Å². The van der Waals surface area contributed by atoms with Crippen molar-refractivity contribution >= 4 is 0 Å². The Hall–Kier alpha value is -0.760. The molecule has 50 valence electrons. The van der Waals surface area contributed by atoms with Gasteiger partial charge in [0, 0.05) is 6.20 Å². The molecule has 2 nitrogen and oxygen atoms in total. The number of hydrogen-bond donors (Lipinski definition) is 0. The largest absolute Gasteiger partial charge is 0.277 e. The number of nitrogens with zero attached hydrogens (tertiary/aromatic N) is 1. The summed E-state index contributed by atoms with van der Waals surface area (Å²) >= 11 is 0. The number of rotatable bonds is 1. The molecule has 0 amide bonds. The molecule has 0 spiro atoms. The Morgan fingerprint density at radius 1 is 1.67 bits per heavy atom. The molecule has 9 heavy (non-hydrogen) atoms. The van der Waals surface area contributed by atoms with Gasteiger partial charge in [-0.3, -0.25) is 9.90 Å². The molecule has 1 heterocycles. The second-order valence-electron chi connectivity index (χ2n) is 2.11. The molecule has 1 rings (SSSR count). The summed E-state index contributed by atoms with van der Waals surface area (Å²) in [7, 11) is 1.67. The van der Waals surface area contributed by atoms with Gasteiger partial charge in [0.25, 0.3) is 0 Å². The molecule has 0 aromatic rings. The molecule has 0 aromatic carbocycles. The zero-order valence-electron chi connectivity index (χ0n) is 5.79. The standard InChI is InChI=1S/C7H11NO/c1-7-4-3-5-8(6-7)9-2/h3-5H,6H2,1-2H3. The van der Waals surface area contributed by atoms with E-state index < -0.39 is 0 Å². The molecule has 0 atom stereocenters. The quantitative estimate of drug-likeness (QED) is 0.524. The van der Waals surface area contributed by atoms with Crippen LogP contribution in [0.1, 0.15) is 6.92 Å². The lowest BCUT2D eigenvalue weighted by Crippen LogP contribution is -2.19. The fraction of sp³-hybridized carbons (Fsp3) is 0.429. The normalized spacial score (nSPS) is 18.0. The average Bonchev–Trinajstić information content (AvgIpc) is 1.88. The van der Waals surface area contributed by atoms with Crippen LogP contribution in [-0.2, 0) is 4.84 Å². The molecule has 0 saturated heterocycles. The van der Waals surface area contributed by atoms with Gasteiger partial charge in [0.05, 0.1) is 13.7 Å². The zero-order chi connectivity index (χ0) is 6.69. The van der Waals surface area contributed by atoms with Crippen LogP contribution in [0.4, 0.5) is 0 Å². The summed E-state index contributed by atoms with van der Waals surface area (Å²) < 4.78 is 0. The minimum atomic E-state index is 0.882. The predicted octanol–water partition coefficient (Wildman–Crippen LogP) is 1.32. The lowest BCUT2D eigenvalue weighted by molar-refractivity contribution is -0.0810. The van der Waals surface area contributed by atoms with Gasteiger partial charge in [0.2, 0.25) is 0 Å². The number of hydrogen-bond acceptors (Lipinski definition) is 2. The van der Waals surface area contributed by atoms with Crippen molar-refractivity contribution < 1.29 is 4.84 Å². The van der Waals surface area contributed by atoms with Crippen LogP contribution in [0.15, 0.2) is 23.9 Å². The molecule has 0 saturated carbocycles. The van der Waals surface area contributed by atoms with Gasteiger partial charge >= 0.3 is 0 Å². The summed E-state index contributed by atoms with van der Waals surface area (Å²) in [6, 6.07) is 0. The van der Waals surface area contributed by atoms with E-state index in [4.69, 9.17) is 4.84 Å². The van der Waals surface area contributed by atoms with Gasteiger partial charge in [-0.1, -0.05) is 11.6 Å². The highest BCUT2D eigenvalue weighted by atomic mass is 16.7. The van der Waals surface area contributed by atoms with Crippen LogP contribution in [0.2, 0.25) is 0 Å². The molecular weight excluding hydrogens is 114 g/mol. The Bertz CT molecular complexity index is 149. The summed E-state index contributed by atoms with van der Waals surface area (Å²) in [6.07, 6.45) is 5.96. The van der Waals surface area contributed by atoms with Crippen molar-refractivity contribution in [1.29, 1.82) is 0 Å². The van der Waals surface area contributed by atoms with Crippen molar-refractivity contribution in [2.45, 2.75) is 6.92 Å². The minimum absolute atomic E-state index is 0.882. The van der Waals surface area contributed by atoms with Crippen molar-refractivity contribution in [3.63, 3.8) is 0 Å².